The van der Waals surface area contributed by atoms with Crippen molar-refractivity contribution in [1.29, 1.82) is 0 Å². The van der Waals surface area contributed by atoms with Crippen molar-refractivity contribution in [3.8, 4) is 0 Å². The summed E-state index contributed by atoms with van der Waals surface area (Å²) in [7, 11) is 1.37. The van der Waals surface area contributed by atoms with Crippen molar-refractivity contribution in [2.24, 2.45) is 5.73 Å². The molecule has 0 aromatic heterocycles. The highest BCUT2D eigenvalue weighted by Gasteiger charge is 2.40. The summed E-state index contributed by atoms with van der Waals surface area (Å²) in [6.07, 6.45) is 0. The van der Waals surface area contributed by atoms with Crippen LogP contribution in [-0.2, 0) is 19.7 Å². The van der Waals surface area contributed by atoms with E-state index in [1.54, 1.807) is 0 Å². The number of ether oxygens (including phenoxy) is 2. The molecular weight excluding hydrogens is 230 g/mol. The SMILES string of the molecule is CCOCC(CN)(C(=O)OC)c1cccc(C)c1. The molecule has 0 bridgehead atoms. The van der Waals surface area contributed by atoms with Crippen LogP contribution in [-0.4, -0.2) is 32.8 Å². The van der Waals surface area contributed by atoms with E-state index in [-0.39, 0.29) is 19.1 Å². The molecule has 4 heteroatoms. The molecule has 0 saturated carbocycles. The van der Waals surface area contributed by atoms with Gasteiger partial charge in [-0.15, -0.1) is 0 Å². The molecule has 2 N–H and O–H groups in total. The third-order valence-corrected chi connectivity index (χ3v) is 3.05. The Morgan fingerprint density at radius 3 is 2.67 bits per heavy atom. The number of carbonyl (C=O) groups excluding carboxylic acids is 1. The summed E-state index contributed by atoms with van der Waals surface area (Å²) < 4.78 is 10.3. The van der Waals surface area contributed by atoms with Gasteiger partial charge in [0.25, 0.3) is 0 Å². The molecular formula is C14H21NO3. The maximum absolute atomic E-state index is 12.1. The Labute approximate surface area is 108 Å². The molecule has 18 heavy (non-hydrogen) atoms. The second-order valence-corrected chi connectivity index (χ2v) is 4.28. The van der Waals surface area contributed by atoms with Crippen LogP contribution in [0.15, 0.2) is 24.3 Å². The number of hydrogen-bond donors (Lipinski definition) is 1. The van der Waals surface area contributed by atoms with E-state index in [0.29, 0.717) is 6.61 Å². The topological polar surface area (TPSA) is 61.5 Å². The van der Waals surface area contributed by atoms with Crippen molar-refractivity contribution in [3.05, 3.63) is 35.4 Å². The lowest BCUT2D eigenvalue weighted by Crippen LogP contribution is -2.47. The van der Waals surface area contributed by atoms with E-state index in [1.807, 2.05) is 38.1 Å². The predicted molar refractivity (Wildman–Crippen MR) is 70.4 cm³/mol. The van der Waals surface area contributed by atoms with Gasteiger partial charge < -0.3 is 15.2 Å². The van der Waals surface area contributed by atoms with Crippen LogP contribution in [0, 0.1) is 6.92 Å². The second-order valence-electron chi connectivity index (χ2n) is 4.28. The van der Waals surface area contributed by atoms with Crippen molar-refractivity contribution >= 4 is 5.97 Å². The summed E-state index contributed by atoms with van der Waals surface area (Å²) in [5.74, 6) is -0.357. The minimum Gasteiger partial charge on any atom is -0.468 e. The number of benzene rings is 1. The average Bonchev–Trinajstić information content (AvgIpc) is 2.39. The zero-order valence-electron chi connectivity index (χ0n) is 11.2. The van der Waals surface area contributed by atoms with Gasteiger partial charge in [0.15, 0.2) is 0 Å². The van der Waals surface area contributed by atoms with E-state index in [0.717, 1.165) is 11.1 Å². The molecule has 0 radical (unpaired) electrons. The molecule has 1 aromatic carbocycles. The van der Waals surface area contributed by atoms with Crippen molar-refractivity contribution in [3.63, 3.8) is 0 Å². The lowest BCUT2D eigenvalue weighted by Gasteiger charge is -2.30. The molecule has 0 fully saturated rings. The third-order valence-electron chi connectivity index (χ3n) is 3.05. The van der Waals surface area contributed by atoms with Gasteiger partial charge in [-0.2, -0.15) is 0 Å². The molecule has 1 unspecified atom stereocenters. The fraction of sp³-hybridized carbons (Fsp3) is 0.500. The van der Waals surface area contributed by atoms with Gasteiger partial charge >= 0.3 is 5.97 Å². The smallest absolute Gasteiger partial charge is 0.319 e. The first-order valence-electron chi connectivity index (χ1n) is 6.04. The van der Waals surface area contributed by atoms with Crippen LogP contribution in [0.2, 0.25) is 0 Å². The second kappa shape index (κ2) is 6.52. The van der Waals surface area contributed by atoms with E-state index >= 15 is 0 Å². The Morgan fingerprint density at radius 1 is 1.44 bits per heavy atom. The van der Waals surface area contributed by atoms with E-state index in [1.165, 1.54) is 7.11 Å². The van der Waals surface area contributed by atoms with E-state index < -0.39 is 5.41 Å². The lowest BCUT2D eigenvalue weighted by atomic mass is 9.80. The standard InChI is InChI=1S/C14H21NO3/c1-4-18-10-14(9-15,13(16)17-3)12-7-5-6-11(2)8-12/h5-8H,4,9-10,15H2,1-3H3. The lowest BCUT2D eigenvalue weighted by molar-refractivity contribution is -0.149. The van der Waals surface area contributed by atoms with Crippen LogP contribution in [0.5, 0.6) is 0 Å². The van der Waals surface area contributed by atoms with E-state index in [4.69, 9.17) is 15.2 Å². The monoisotopic (exact) mass is 251 g/mol. The van der Waals surface area contributed by atoms with Crippen LogP contribution in [0.4, 0.5) is 0 Å². The summed E-state index contributed by atoms with van der Waals surface area (Å²) in [6.45, 7) is 4.78. The van der Waals surface area contributed by atoms with Gasteiger partial charge in [-0.1, -0.05) is 29.8 Å². The largest absolute Gasteiger partial charge is 0.468 e. The predicted octanol–water partition coefficient (Wildman–Crippen LogP) is 1.40. The third kappa shape index (κ3) is 2.89. The number of hydrogen-bond acceptors (Lipinski definition) is 4. The maximum Gasteiger partial charge on any atom is 0.319 e. The summed E-state index contributed by atoms with van der Waals surface area (Å²) in [6, 6.07) is 7.71. The minimum absolute atomic E-state index is 0.156. The Bertz CT molecular complexity index is 406. The fourth-order valence-electron chi connectivity index (χ4n) is 1.93. The average molecular weight is 251 g/mol. The van der Waals surface area contributed by atoms with Gasteiger partial charge in [0.1, 0.15) is 5.41 Å². The van der Waals surface area contributed by atoms with Gasteiger partial charge in [-0.3, -0.25) is 4.79 Å². The quantitative estimate of drug-likeness (QED) is 0.776. The molecule has 0 aliphatic heterocycles. The highest BCUT2D eigenvalue weighted by molar-refractivity contribution is 5.83. The zero-order valence-corrected chi connectivity index (χ0v) is 11.2. The van der Waals surface area contributed by atoms with Gasteiger partial charge in [0, 0.05) is 13.2 Å². The molecule has 0 heterocycles. The molecule has 0 saturated heterocycles. The van der Waals surface area contributed by atoms with Crippen molar-refractivity contribution in [1.82, 2.24) is 0 Å². The van der Waals surface area contributed by atoms with Crippen LogP contribution in [0.1, 0.15) is 18.1 Å². The van der Waals surface area contributed by atoms with Gasteiger partial charge in [-0.25, -0.2) is 0 Å². The highest BCUT2D eigenvalue weighted by atomic mass is 16.5. The molecule has 0 spiro atoms. The van der Waals surface area contributed by atoms with Gasteiger partial charge in [-0.05, 0) is 19.4 Å². The van der Waals surface area contributed by atoms with Crippen LogP contribution >= 0.6 is 0 Å². The Balaban J connectivity index is 3.20. The normalized spacial score (nSPS) is 14.0. The Hall–Kier alpha value is -1.39. The zero-order chi connectivity index (χ0) is 13.6. The minimum atomic E-state index is -0.920. The molecule has 0 aliphatic carbocycles. The first kappa shape index (κ1) is 14.7. The number of nitrogens with two attached hydrogens (primary N) is 1. The van der Waals surface area contributed by atoms with Crippen LogP contribution < -0.4 is 5.73 Å². The summed E-state index contributed by atoms with van der Waals surface area (Å²) in [4.78, 5) is 12.1. The summed E-state index contributed by atoms with van der Waals surface area (Å²) >= 11 is 0. The number of esters is 1. The molecule has 0 aliphatic rings. The summed E-state index contributed by atoms with van der Waals surface area (Å²) in [5, 5.41) is 0. The van der Waals surface area contributed by atoms with Crippen molar-refractivity contribution < 1.29 is 14.3 Å². The van der Waals surface area contributed by atoms with E-state index in [9.17, 15) is 4.79 Å². The number of rotatable bonds is 6. The first-order chi connectivity index (χ1) is 8.60. The fourth-order valence-corrected chi connectivity index (χ4v) is 1.93. The molecule has 1 rings (SSSR count). The number of aryl methyl sites for hydroxylation is 1. The van der Waals surface area contributed by atoms with Crippen LogP contribution in [0.3, 0.4) is 0 Å². The maximum atomic E-state index is 12.1. The number of carbonyl (C=O) groups is 1. The molecule has 4 nitrogen and oxygen atoms in total. The van der Waals surface area contributed by atoms with Crippen molar-refractivity contribution in [2.45, 2.75) is 19.3 Å². The number of methoxy groups -OCH3 is 1. The molecule has 100 valence electrons. The van der Waals surface area contributed by atoms with Gasteiger partial charge in [0.05, 0.1) is 13.7 Å². The Morgan fingerprint density at radius 2 is 2.17 bits per heavy atom. The van der Waals surface area contributed by atoms with Crippen LogP contribution in [0.25, 0.3) is 0 Å². The molecule has 0 amide bonds. The Kier molecular flexibility index (Phi) is 5.31. The van der Waals surface area contributed by atoms with E-state index in [2.05, 4.69) is 0 Å². The van der Waals surface area contributed by atoms with Crippen molar-refractivity contribution in [2.75, 3.05) is 26.9 Å². The molecule has 1 atom stereocenters. The highest BCUT2D eigenvalue weighted by Crippen LogP contribution is 2.26. The van der Waals surface area contributed by atoms with Gasteiger partial charge in [0.2, 0.25) is 0 Å². The molecule has 1 aromatic rings. The summed E-state index contributed by atoms with van der Waals surface area (Å²) in [5.41, 5.74) is 6.82. The first-order valence-corrected chi connectivity index (χ1v) is 6.04.